The molecule has 0 atom stereocenters. The number of H-pyrrole nitrogens is 1. The second-order valence-electron chi connectivity index (χ2n) is 3.33. The summed E-state index contributed by atoms with van der Waals surface area (Å²) in [7, 11) is 1.67. The number of rotatable bonds is 1. The first-order chi connectivity index (χ1) is 7.11. The number of aryl methyl sites for hydroxylation is 2. The molecule has 2 heterocycles. The topological polar surface area (TPSA) is 50.7 Å². The summed E-state index contributed by atoms with van der Waals surface area (Å²) in [4.78, 5) is 15.7. The molecule has 0 aliphatic rings. The molecule has 1 N–H and O–H groups in total. The minimum absolute atomic E-state index is 0.0828. The SMILES string of the molecule is Cc1[nH]n(C)c(=O)c1-c1ccncc1Cl. The highest BCUT2D eigenvalue weighted by atomic mass is 35.5. The zero-order valence-electron chi connectivity index (χ0n) is 8.41. The molecule has 2 rings (SSSR count). The van der Waals surface area contributed by atoms with Crippen LogP contribution in [0.1, 0.15) is 5.69 Å². The van der Waals surface area contributed by atoms with Gasteiger partial charge in [0.05, 0.1) is 10.6 Å². The van der Waals surface area contributed by atoms with Crippen molar-refractivity contribution >= 4 is 11.6 Å². The molecule has 0 spiro atoms. The van der Waals surface area contributed by atoms with Crippen molar-refractivity contribution in [3.05, 3.63) is 39.5 Å². The molecule has 0 aliphatic carbocycles. The molecular weight excluding hydrogens is 214 g/mol. The zero-order valence-corrected chi connectivity index (χ0v) is 9.17. The van der Waals surface area contributed by atoms with Crippen LogP contribution in [-0.4, -0.2) is 14.8 Å². The smallest absolute Gasteiger partial charge is 0.274 e. The number of halogens is 1. The van der Waals surface area contributed by atoms with E-state index in [0.717, 1.165) is 5.69 Å². The van der Waals surface area contributed by atoms with Gasteiger partial charge in [-0.15, -0.1) is 0 Å². The van der Waals surface area contributed by atoms with Crippen LogP contribution < -0.4 is 5.56 Å². The van der Waals surface area contributed by atoms with Gasteiger partial charge >= 0.3 is 0 Å². The van der Waals surface area contributed by atoms with Crippen molar-refractivity contribution in [1.29, 1.82) is 0 Å². The molecule has 0 aromatic carbocycles. The summed E-state index contributed by atoms with van der Waals surface area (Å²) >= 11 is 5.99. The van der Waals surface area contributed by atoms with Gasteiger partial charge in [0.2, 0.25) is 0 Å². The maximum Gasteiger partial charge on any atom is 0.274 e. The van der Waals surface area contributed by atoms with Crippen LogP contribution in [0.25, 0.3) is 11.1 Å². The minimum Gasteiger partial charge on any atom is -0.300 e. The van der Waals surface area contributed by atoms with Crippen LogP contribution in [0.15, 0.2) is 23.3 Å². The van der Waals surface area contributed by atoms with Gasteiger partial charge in [-0.2, -0.15) is 0 Å². The molecular formula is C10H10ClN3O. The molecule has 15 heavy (non-hydrogen) atoms. The minimum atomic E-state index is -0.0828. The van der Waals surface area contributed by atoms with E-state index >= 15 is 0 Å². The highest BCUT2D eigenvalue weighted by molar-refractivity contribution is 6.33. The average Bonchev–Trinajstić information content (AvgIpc) is 2.43. The highest BCUT2D eigenvalue weighted by Gasteiger charge is 2.13. The Morgan fingerprint density at radius 3 is 2.80 bits per heavy atom. The van der Waals surface area contributed by atoms with Crippen molar-refractivity contribution in [1.82, 2.24) is 14.8 Å². The third-order valence-electron chi connectivity index (χ3n) is 2.27. The standard InChI is InChI=1S/C10H10ClN3O/c1-6-9(10(15)14(2)13-6)7-3-4-12-5-8(7)11/h3-5,13H,1-2H3. The predicted molar refractivity (Wildman–Crippen MR) is 59.0 cm³/mol. The number of nitrogens with zero attached hydrogens (tertiary/aromatic N) is 2. The molecule has 2 aromatic heterocycles. The molecule has 0 saturated heterocycles. The fraction of sp³-hybridized carbons (Fsp3) is 0.200. The lowest BCUT2D eigenvalue weighted by molar-refractivity contribution is 0.731. The van der Waals surface area contributed by atoms with E-state index in [4.69, 9.17) is 11.6 Å². The molecule has 2 aromatic rings. The number of hydrogen-bond donors (Lipinski definition) is 1. The second-order valence-corrected chi connectivity index (χ2v) is 3.74. The molecule has 0 radical (unpaired) electrons. The third kappa shape index (κ3) is 1.57. The number of pyridine rings is 1. The van der Waals surface area contributed by atoms with Gasteiger partial charge in [-0.25, -0.2) is 0 Å². The molecule has 5 heteroatoms. The van der Waals surface area contributed by atoms with Gasteiger partial charge in [0.15, 0.2) is 0 Å². The van der Waals surface area contributed by atoms with Crippen LogP contribution in [0.2, 0.25) is 5.02 Å². The predicted octanol–water partition coefficient (Wildman–Crippen LogP) is 1.74. The quantitative estimate of drug-likeness (QED) is 0.801. The largest absolute Gasteiger partial charge is 0.300 e. The normalized spacial score (nSPS) is 10.6. The van der Waals surface area contributed by atoms with Crippen LogP contribution in [0.5, 0.6) is 0 Å². The molecule has 0 amide bonds. The van der Waals surface area contributed by atoms with E-state index in [2.05, 4.69) is 10.1 Å². The van der Waals surface area contributed by atoms with Crippen molar-refractivity contribution in [3.8, 4) is 11.1 Å². The third-order valence-corrected chi connectivity index (χ3v) is 2.57. The molecule has 78 valence electrons. The van der Waals surface area contributed by atoms with Crippen molar-refractivity contribution in [3.63, 3.8) is 0 Å². The van der Waals surface area contributed by atoms with Crippen molar-refractivity contribution in [2.45, 2.75) is 6.92 Å². The monoisotopic (exact) mass is 223 g/mol. The summed E-state index contributed by atoms with van der Waals surface area (Å²) in [6.07, 6.45) is 3.15. The molecule has 0 aliphatic heterocycles. The first-order valence-electron chi connectivity index (χ1n) is 4.46. The van der Waals surface area contributed by atoms with Gasteiger partial charge in [0.25, 0.3) is 5.56 Å². The number of aromatic nitrogens is 3. The Morgan fingerprint density at radius 2 is 2.27 bits per heavy atom. The maximum atomic E-state index is 11.8. The van der Waals surface area contributed by atoms with Crippen LogP contribution in [-0.2, 0) is 7.05 Å². The van der Waals surface area contributed by atoms with Gasteiger partial charge in [-0.3, -0.25) is 19.6 Å². The molecule has 0 unspecified atom stereocenters. The van der Waals surface area contributed by atoms with E-state index in [1.807, 2.05) is 6.92 Å². The van der Waals surface area contributed by atoms with Crippen molar-refractivity contribution in [2.75, 3.05) is 0 Å². The lowest BCUT2D eigenvalue weighted by Gasteiger charge is -1.99. The van der Waals surface area contributed by atoms with Gasteiger partial charge in [-0.1, -0.05) is 11.6 Å². The van der Waals surface area contributed by atoms with E-state index in [9.17, 15) is 4.79 Å². The number of hydrogen-bond acceptors (Lipinski definition) is 2. The summed E-state index contributed by atoms with van der Waals surface area (Å²) in [5.41, 5.74) is 2.03. The van der Waals surface area contributed by atoms with Crippen LogP contribution in [0, 0.1) is 6.92 Å². The Kier molecular flexibility index (Phi) is 2.36. The summed E-state index contributed by atoms with van der Waals surface area (Å²) in [6, 6.07) is 1.74. The zero-order chi connectivity index (χ0) is 11.0. The van der Waals surface area contributed by atoms with Crippen LogP contribution >= 0.6 is 11.6 Å². The molecule has 0 saturated carbocycles. The lowest BCUT2D eigenvalue weighted by atomic mass is 10.1. The Hall–Kier alpha value is -1.55. The van der Waals surface area contributed by atoms with E-state index in [-0.39, 0.29) is 5.56 Å². The lowest BCUT2D eigenvalue weighted by Crippen LogP contribution is -2.13. The summed E-state index contributed by atoms with van der Waals surface area (Å²) in [6.45, 7) is 1.84. The number of aromatic amines is 1. The van der Waals surface area contributed by atoms with E-state index in [1.54, 1.807) is 19.3 Å². The van der Waals surface area contributed by atoms with E-state index in [0.29, 0.717) is 16.1 Å². The van der Waals surface area contributed by atoms with Gasteiger partial charge in [-0.05, 0) is 13.0 Å². The first-order valence-corrected chi connectivity index (χ1v) is 4.84. The van der Waals surface area contributed by atoms with Crippen molar-refractivity contribution in [2.24, 2.45) is 7.05 Å². The average molecular weight is 224 g/mol. The summed E-state index contributed by atoms with van der Waals surface area (Å²) < 4.78 is 1.43. The van der Waals surface area contributed by atoms with E-state index in [1.165, 1.54) is 10.9 Å². The molecule has 4 nitrogen and oxygen atoms in total. The molecule has 0 bridgehead atoms. The maximum absolute atomic E-state index is 11.8. The Bertz CT molecular complexity index is 556. The van der Waals surface area contributed by atoms with Gasteiger partial charge < -0.3 is 0 Å². The Labute approximate surface area is 91.5 Å². The van der Waals surface area contributed by atoms with Crippen molar-refractivity contribution < 1.29 is 0 Å². The van der Waals surface area contributed by atoms with Crippen LogP contribution in [0.4, 0.5) is 0 Å². The summed E-state index contributed by atoms with van der Waals surface area (Å²) in [5, 5.41) is 3.41. The Morgan fingerprint density at radius 1 is 1.53 bits per heavy atom. The van der Waals surface area contributed by atoms with E-state index < -0.39 is 0 Å². The Balaban J connectivity index is 2.75. The van der Waals surface area contributed by atoms with Gasteiger partial charge in [0.1, 0.15) is 0 Å². The van der Waals surface area contributed by atoms with Gasteiger partial charge in [0, 0.05) is 30.7 Å². The summed E-state index contributed by atoms with van der Waals surface area (Å²) in [5.74, 6) is 0. The van der Waals surface area contributed by atoms with Crippen LogP contribution in [0.3, 0.4) is 0 Å². The second kappa shape index (κ2) is 3.55. The first kappa shape index (κ1) is 9.98. The molecule has 0 fully saturated rings. The fourth-order valence-corrected chi connectivity index (χ4v) is 1.80. The number of nitrogens with one attached hydrogen (secondary N) is 1. The fourth-order valence-electron chi connectivity index (χ4n) is 1.58. The highest BCUT2D eigenvalue weighted by Crippen LogP contribution is 2.25.